The number of amides is 1. The molecule has 3 nitrogen and oxygen atoms in total. The van der Waals surface area contributed by atoms with Gasteiger partial charge in [-0.15, -0.1) is 0 Å². The number of nitrogens with one attached hydrogen (secondary N) is 2. The minimum Gasteiger partial charge on any atom is -0.354 e. The van der Waals surface area contributed by atoms with Gasteiger partial charge < -0.3 is 10.3 Å². The van der Waals surface area contributed by atoms with E-state index in [0.717, 1.165) is 37.9 Å². The number of anilines is 1. The molecule has 0 spiro atoms. The number of aromatic amines is 1. The molecule has 0 atom stereocenters. The third-order valence-corrected chi connectivity index (χ3v) is 4.42. The molecule has 3 aromatic rings. The number of rotatable bonds is 0. The number of halogens is 1. The molecule has 1 aromatic heterocycles. The summed E-state index contributed by atoms with van der Waals surface area (Å²) in [6.07, 6.45) is 0.394. The smallest absolute Gasteiger partial charge is 0.228 e. The highest BCUT2D eigenvalue weighted by Gasteiger charge is 2.22. The van der Waals surface area contributed by atoms with E-state index in [1.54, 1.807) is 0 Å². The van der Waals surface area contributed by atoms with Gasteiger partial charge in [-0.05, 0) is 42.8 Å². The van der Waals surface area contributed by atoms with Crippen LogP contribution in [0.25, 0.3) is 22.2 Å². The van der Waals surface area contributed by atoms with E-state index in [0.29, 0.717) is 6.42 Å². The Morgan fingerprint density at radius 3 is 2.86 bits per heavy atom. The third-order valence-electron chi connectivity index (χ3n) is 3.92. The molecule has 0 aliphatic carbocycles. The second-order valence-corrected chi connectivity index (χ2v) is 6.36. The van der Waals surface area contributed by atoms with Crippen molar-refractivity contribution in [3.05, 3.63) is 52.0 Å². The van der Waals surface area contributed by atoms with Crippen LogP contribution in [0.4, 0.5) is 5.69 Å². The molecular formula is C17H13BrN2O. The molecule has 0 radical (unpaired) electrons. The van der Waals surface area contributed by atoms with Crippen molar-refractivity contribution in [1.29, 1.82) is 0 Å². The van der Waals surface area contributed by atoms with E-state index in [4.69, 9.17) is 0 Å². The number of H-pyrrole nitrogens is 1. The highest BCUT2D eigenvalue weighted by atomic mass is 79.9. The number of fused-ring (bicyclic) bond motifs is 5. The maximum Gasteiger partial charge on any atom is 0.228 e. The molecule has 1 amide bonds. The number of aryl methyl sites for hydroxylation is 1. The largest absolute Gasteiger partial charge is 0.354 e. The highest BCUT2D eigenvalue weighted by Crippen LogP contribution is 2.38. The second kappa shape index (κ2) is 4.46. The lowest BCUT2D eigenvalue weighted by molar-refractivity contribution is -0.115. The topological polar surface area (TPSA) is 44.9 Å². The SMILES string of the molecule is Cc1ccc2[nH]c3c(c2c1)CC(=O)Nc1ccc(Br)cc1-3. The number of hydrogen-bond donors (Lipinski definition) is 2. The van der Waals surface area contributed by atoms with Gasteiger partial charge in [0.05, 0.1) is 17.8 Å². The summed E-state index contributed by atoms with van der Waals surface area (Å²) < 4.78 is 0.998. The number of benzene rings is 2. The maximum absolute atomic E-state index is 12.2. The van der Waals surface area contributed by atoms with Crippen LogP contribution in [-0.4, -0.2) is 10.9 Å². The van der Waals surface area contributed by atoms with Crippen molar-refractivity contribution in [3.63, 3.8) is 0 Å². The lowest BCUT2D eigenvalue weighted by Crippen LogP contribution is -2.12. The minimum absolute atomic E-state index is 0.0275. The van der Waals surface area contributed by atoms with Crippen LogP contribution in [0.5, 0.6) is 0 Å². The summed E-state index contributed by atoms with van der Waals surface area (Å²) in [6.45, 7) is 2.07. The maximum atomic E-state index is 12.2. The predicted octanol–water partition coefficient (Wildman–Crippen LogP) is 4.40. The van der Waals surface area contributed by atoms with Gasteiger partial charge in [0.25, 0.3) is 0 Å². The van der Waals surface area contributed by atoms with Crippen LogP contribution in [0.15, 0.2) is 40.9 Å². The molecule has 1 aliphatic rings. The number of hydrogen-bond acceptors (Lipinski definition) is 1. The molecule has 2 heterocycles. The molecule has 0 saturated heterocycles. The lowest BCUT2D eigenvalue weighted by atomic mass is 10.0. The van der Waals surface area contributed by atoms with Crippen LogP contribution in [0.2, 0.25) is 0 Å². The fraction of sp³-hybridized carbons (Fsp3) is 0.118. The van der Waals surface area contributed by atoms with E-state index in [1.165, 1.54) is 5.56 Å². The van der Waals surface area contributed by atoms with Crippen molar-refractivity contribution in [2.24, 2.45) is 0 Å². The zero-order valence-corrected chi connectivity index (χ0v) is 13.0. The quantitative estimate of drug-likeness (QED) is 0.625. The van der Waals surface area contributed by atoms with Gasteiger partial charge in [-0.3, -0.25) is 4.79 Å². The summed E-state index contributed by atoms with van der Waals surface area (Å²) in [7, 11) is 0. The van der Waals surface area contributed by atoms with Gasteiger partial charge in [0.2, 0.25) is 5.91 Å². The molecule has 1 aliphatic heterocycles. The van der Waals surface area contributed by atoms with Crippen molar-refractivity contribution < 1.29 is 4.79 Å². The van der Waals surface area contributed by atoms with E-state index in [2.05, 4.69) is 51.4 Å². The van der Waals surface area contributed by atoms with Crippen molar-refractivity contribution in [2.75, 3.05) is 5.32 Å². The molecule has 0 unspecified atom stereocenters. The first-order valence-corrected chi connectivity index (χ1v) is 7.62. The molecule has 2 N–H and O–H groups in total. The van der Waals surface area contributed by atoms with Crippen molar-refractivity contribution in [3.8, 4) is 11.3 Å². The standard InChI is InChI=1S/C17H13BrN2O/c1-9-2-4-14-11(6-9)12-8-16(21)19-15-5-3-10(18)7-13(15)17(12)20-14/h2-7,20H,8H2,1H3,(H,19,21). The van der Waals surface area contributed by atoms with Gasteiger partial charge in [-0.25, -0.2) is 0 Å². The monoisotopic (exact) mass is 340 g/mol. The molecule has 21 heavy (non-hydrogen) atoms. The molecule has 0 bridgehead atoms. The van der Waals surface area contributed by atoms with Crippen LogP contribution < -0.4 is 5.32 Å². The van der Waals surface area contributed by atoms with E-state index >= 15 is 0 Å². The van der Waals surface area contributed by atoms with E-state index in [-0.39, 0.29) is 5.91 Å². The van der Waals surface area contributed by atoms with Gasteiger partial charge in [-0.2, -0.15) is 0 Å². The van der Waals surface area contributed by atoms with Gasteiger partial charge in [0.15, 0.2) is 0 Å². The van der Waals surface area contributed by atoms with Crippen molar-refractivity contribution in [1.82, 2.24) is 4.98 Å². The normalized spacial score (nSPS) is 13.5. The molecule has 0 fully saturated rings. The first kappa shape index (κ1) is 12.7. The molecule has 4 rings (SSSR count). The Bertz CT molecular complexity index is 895. The average molecular weight is 341 g/mol. The molecule has 0 saturated carbocycles. The Kier molecular flexibility index (Phi) is 2.69. The summed E-state index contributed by atoms with van der Waals surface area (Å²) in [5.41, 5.74) is 6.26. The zero-order valence-electron chi connectivity index (χ0n) is 11.5. The van der Waals surface area contributed by atoms with Crippen LogP contribution >= 0.6 is 15.9 Å². The lowest BCUT2D eigenvalue weighted by Gasteiger charge is -2.07. The first-order valence-electron chi connectivity index (χ1n) is 6.83. The number of carbonyl (C=O) groups is 1. The Morgan fingerprint density at radius 2 is 2.00 bits per heavy atom. The van der Waals surface area contributed by atoms with E-state index < -0.39 is 0 Å². The molecule has 104 valence electrons. The Balaban J connectivity index is 2.10. The summed E-state index contributed by atoms with van der Waals surface area (Å²) in [5, 5.41) is 4.11. The number of aromatic nitrogens is 1. The van der Waals surface area contributed by atoms with Crippen LogP contribution in [0.1, 0.15) is 11.1 Å². The van der Waals surface area contributed by atoms with E-state index in [1.807, 2.05) is 18.2 Å². The van der Waals surface area contributed by atoms with Crippen LogP contribution in [0, 0.1) is 6.92 Å². The van der Waals surface area contributed by atoms with Gasteiger partial charge >= 0.3 is 0 Å². The number of carbonyl (C=O) groups excluding carboxylic acids is 1. The molecule has 4 heteroatoms. The van der Waals surface area contributed by atoms with Gasteiger partial charge in [-0.1, -0.05) is 27.6 Å². The summed E-state index contributed by atoms with van der Waals surface area (Å²) >= 11 is 3.51. The Hall–Kier alpha value is -2.07. The van der Waals surface area contributed by atoms with Crippen molar-refractivity contribution >= 4 is 38.4 Å². The Morgan fingerprint density at radius 1 is 1.14 bits per heavy atom. The molecular weight excluding hydrogens is 328 g/mol. The highest BCUT2D eigenvalue weighted by molar-refractivity contribution is 9.10. The van der Waals surface area contributed by atoms with Crippen LogP contribution in [-0.2, 0) is 11.2 Å². The van der Waals surface area contributed by atoms with Gasteiger partial charge in [0.1, 0.15) is 0 Å². The fourth-order valence-corrected chi connectivity index (χ4v) is 3.32. The summed E-state index contributed by atoms with van der Waals surface area (Å²) in [4.78, 5) is 15.7. The first-order chi connectivity index (χ1) is 10.1. The summed E-state index contributed by atoms with van der Waals surface area (Å²) in [5.74, 6) is 0.0275. The zero-order chi connectivity index (χ0) is 14.6. The summed E-state index contributed by atoms with van der Waals surface area (Å²) in [6, 6.07) is 12.2. The van der Waals surface area contributed by atoms with E-state index in [9.17, 15) is 4.79 Å². The van der Waals surface area contributed by atoms with Gasteiger partial charge in [0, 0.05) is 20.9 Å². The average Bonchev–Trinajstić information content (AvgIpc) is 2.72. The molecule has 2 aromatic carbocycles. The minimum atomic E-state index is 0.0275. The van der Waals surface area contributed by atoms with Crippen molar-refractivity contribution in [2.45, 2.75) is 13.3 Å². The van der Waals surface area contributed by atoms with Crippen LogP contribution in [0.3, 0.4) is 0 Å². The third kappa shape index (κ3) is 1.98. The fourth-order valence-electron chi connectivity index (χ4n) is 2.96. The Labute approximate surface area is 130 Å². The second-order valence-electron chi connectivity index (χ2n) is 5.44. The predicted molar refractivity (Wildman–Crippen MR) is 88.5 cm³/mol.